The molecule has 2 unspecified atom stereocenters. The molecule has 6 heteroatoms. The normalized spacial score (nSPS) is 24.9. The molecule has 1 heterocycles. The summed E-state index contributed by atoms with van der Waals surface area (Å²) in [6, 6.07) is 1.71. The predicted molar refractivity (Wildman–Crippen MR) is 62.3 cm³/mol. The van der Waals surface area contributed by atoms with Crippen LogP contribution in [-0.2, 0) is 10.0 Å². The van der Waals surface area contributed by atoms with Crippen LogP contribution in [0.15, 0.2) is 0 Å². The summed E-state index contributed by atoms with van der Waals surface area (Å²) in [5, 5.41) is 7.64. The van der Waals surface area contributed by atoms with E-state index in [2.05, 4.69) is 16.5 Å². The molecular formula is C10H19N3O2S. The van der Waals surface area contributed by atoms with Crippen molar-refractivity contribution in [2.45, 2.75) is 38.0 Å². The molecule has 0 aromatic carbocycles. The number of hydrogen-bond donors (Lipinski definition) is 1. The van der Waals surface area contributed by atoms with Gasteiger partial charge in [0, 0.05) is 12.6 Å². The van der Waals surface area contributed by atoms with Crippen LogP contribution < -0.4 is 4.72 Å². The van der Waals surface area contributed by atoms with Gasteiger partial charge in [0.25, 0.3) is 0 Å². The fourth-order valence-electron chi connectivity index (χ4n) is 1.84. The number of nitrogens with zero attached hydrogens (tertiary/aromatic N) is 2. The Morgan fingerprint density at radius 3 is 2.88 bits per heavy atom. The Morgan fingerprint density at radius 1 is 1.62 bits per heavy atom. The summed E-state index contributed by atoms with van der Waals surface area (Å²) in [7, 11) is -3.48. The molecule has 0 spiro atoms. The SMILES string of the molecule is CCN1CCCC(NS(=O)(=O)C(C)C#N)C1. The van der Waals surface area contributed by atoms with E-state index in [0.717, 1.165) is 32.5 Å². The maximum Gasteiger partial charge on any atom is 0.227 e. The van der Waals surface area contributed by atoms with Crippen LogP contribution >= 0.6 is 0 Å². The average Bonchev–Trinajstić information content (AvgIpc) is 2.27. The van der Waals surface area contributed by atoms with Crippen LogP contribution in [0.25, 0.3) is 0 Å². The van der Waals surface area contributed by atoms with Gasteiger partial charge in [-0.1, -0.05) is 6.92 Å². The highest BCUT2D eigenvalue weighted by atomic mass is 32.2. The van der Waals surface area contributed by atoms with Crippen molar-refractivity contribution in [1.82, 2.24) is 9.62 Å². The van der Waals surface area contributed by atoms with Crippen molar-refractivity contribution in [2.24, 2.45) is 0 Å². The lowest BCUT2D eigenvalue weighted by Gasteiger charge is -2.32. The molecule has 16 heavy (non-hydrogen) atoms. The first-order chi connectivity index (χ1) is 7.49. The van der Waals surface area contributed by atoms with E-state index in [-0.39, 0.29) is 6.04 Å². The summed E-state index contributed by atoms with van der Waals surface area (Å²) in [6.07, 6.45) is 1.86. The molecule has 0 aromatic heterocycles. The minimum atomic E-state index is -3.48. The summed E-state index contributed by atoms with van der Waals surface area (Å²) in [4.78, 5) is 2.22. The van der Waals surface area contributed by atoms with Crippen LogP contribution in [0.4, 0.5) is 0 Å². The third-order valence-electron chi connectivity index (χ3n) is 2.93. The van der Waals surface area contributed by atoms with Crippen LogP contribution in [0.3, 0.4) is 0 Å². The summed E-state index contributed by atoms with van der Waals surface area (Å²) in [5.41, 5.74) is 0. The largest absolute Gasteiger partial charge is 0.302 e. The first-order valence-corrected chi connectivity index (χ1v) is 7.17. The van der Waals surface area contributed by atoms with Crippen LogP contribution in [0.2, 0.25) is 0 Å². The monoisotopic (exact) mass is 245 g/mol. The quantitative estimate of drug-likeness (QED) is 0.773. The highest BCUT2D eigenvalue weighted by Crippen LogP contribution is 2.11. The van der Waals surface area contributed by atoms with Crippen molar-refractivity contribution in [3.05, 3.63) is 0 Å². The highest BCUT2D eigenvalue weighted by Gasteiger charge is 2.27. The second-order valence-corrected chi connectivity index (χ2v) is 6.20. The number of piperidine rings is 1. The molecule has 0 saturated carbocycles. The van der Waals surface area contributed by atoms with E-state index >= 15 is 0 Å². The maximum absolute atomic E-state index is 11.7. The van der Waals surface area contributed by atoms with Crippen molar-refractivity contribution < 1.29 is 8.42 Å². The van der Waals surface area contributed by atoms with Gasteiger partial charge in [-0.25, -0.2) is 13.1 Å². The van der Waals surface area contributed by atoms with Crippen molar-refractivity contribution in [1.29, 1.82) is 5.26 Å². The molecule has 1 aliphatic heterocycles. The van der Waals surface area contributed by atoms with Gasteiger partial charge in [-0.3, -0.25) is 0 Å². The van der Waals surface area contributed by atoms with E-state index in [1.807, 2.05) is 0 Å². The Hall–Kier alpha value is -0.640. The first kappa shape index (κ1) is 13.4. The molecule has 1 saturated heterocycles. The number of likely N-dealkylation sites (tertiary alicyclic amines) is 1. The Morgan fingerprint density at radius 2 is 2.31 bits per heavy atom. The second-order valence-electron chi connectivity index (χ2n) is 4.17. The van der Waals surface area contributed by atoms with Gasteiger partial charge in [0.1, 0.15) is 0 Å². The van der Waals surface area contributed by atoms with E-state index in [1.54, 1.807) is 6.07 Å². The van der Waals surface area contributed by atoms with Crippen LogP contribution in [0.5, 0.6) is 0 Å². The van der Waals surface area contributed by atoms with Gasteiger partial charge in [0.2, 0.25) is 10.0 Å². The molecule has 1 aliphatic rings. The summed E-state index contributed by atoms with van der Waals surface area (Å²) >= 11 is 0. The Labute approximate surface area is 97.5 Å². The van der Waals surface area contributed by atoms with Crippen molar-refractivity contribution >= 4 is 10.0 Å². The van der Waals surface area contributed by atoms with Crippen LogP contribution in [0, 0.1) is 11.3 Å². The van der Waals surface area contributed by atoms with Gasteiger partial charge in [0.05, 0.1) is 6.07 Å². The molecule has 2 atom stereocenters. The van der Waals surface area contributed by atoms with Gasteiger partial charge < -0.3 is 4.90 Å². The fraction of sp³-hybridized carbons (Fsp3) is 0.900. The lowest BCUT2D eigenvalue weighted by Crippen LogP contribution is -2.49. The smallest absolute Gasteiger partial charge is 0.227 e. The minimum Gasteiger partial charge on any atom is -0.302 e. The summed E-state index contributed by atoms with van der Waals surface area (Å²) in [6.45, 7) is 6.18. The molecule has 1 fully saturated rings. The number of rotatable bonds is 4. The molecule has 5 nitrogen and oxygen atoms in total. The van der Waals surface area contributed by atoms with Crippen molar-refractivity contribution in [2.75, 3.05) is 19.6 Å². The topological polar surface area (TPSA) is 73.2 Å². The van der Waals surface area contributed by atoms with Gasteiger partial charge in [-0.15, -0.1) is 0 Å². The zero-order chi connectivity index (χ0) is 12.2. The van der Waals surface area contributed by atoms with Gasteiger partial charge in [-0.2, -0.15) is 5.26 Å². The molecular weight excluding hydrogens is 226 g/mol. The van der Waals surface area contributed by atoms with E-state index < -0.39 is 15.3 Å². The molecule has 92 valence electrons. The zero-order valence-electron chi connectivity index (χ0n) is 9.81. The Kier molecular flexibility index (Phi) is 4.71. The van der Waals surface area contributed by atoms with Gasteiger partial charge >= 0.3 is 0 Å². The highest BCUT2D eigenvalue weighted by molar-refractivity contribution is 7.90. The lowest BCUT2D eigenvalue weighted by molar-refractivity contribution is 0.211. The second kappa shape index (κ2) is 5.62. The lowest BCUT2D eigenvalue weighted by atomic mass is 10.1. The Balaban J connectivity index is 2.58. The van der Waals surface area contributed by atoms with Gasteiger partial charge in [0.15, 0.2) is 5.25 Å². The summed E-state index contributed by atoms with van der Waals surface area (Å²) in [5.74, 6) is 0. The van der Waals surface area contributed by atoms with Crippen LogP contribution in [0.1, 0.15) is 26.7 Å². The number of nitrogens with one attached hydrogen (secondary N) is 1. The average molecular weight is 245 g/mol. The van der Waals surface area contributed by atoms with E-state index in [9.17, 15) is 8.42 Å². The number of sulfonamides is 1. The predicted octanol–water partition coefficient (Wildman–Crippen LogP) is 0.302. The molecule has 0 amide bonds. The van der Waals surface area contributed by atoms with Crippen LogP contribution in [-0.4, -0.2) is 44.2 Å². The third-order valence-corrected chi connectivity index (χ3v) is 4.63. The molecule has 1 N–H and O–H groups in total. The van der Waals surface area contributed by atoms with Gasteiger partial charge in [-0.05, 0) is 32.9 Å². The Bertz CT molecular complexity index is 361. The van der Waals surface area contributed by atoms with Crippen molar-refractivity contribution in [3.63, 3.8) is 0 Å². The molecule has 1 rings (SSSR count). The number of likely N-dealkylation sites (N-methyl/N-ethyl adjacent to an activating group) is 1. The fourth-order valence-corrected chi connectivity index (χ4v) is 2.84. The standard InChI is InChI=1S/C10H19N3O2S/c1-3-13-6-4-5-10(8-13)12-16(14,15)9(2)7-11/h9-10,12H,3-6,8H2,1-2H3. The van der Waals surface area contributed by atoms with E-state index in [0.29, 0.717) is 0 Å². The molecule has 0 aromatic rings. The third kappa shape index (κ3) is 3.44. The minimum absolute atomic E-state index is 0.0468. The van der Waals surface area contributed by atoms with Crippen molar-refractivity contribution in [3.8, 4) is 6.07 Å². The zero-order valence-corrected chi connectivity index (χ0v) is 10.6. The molecule has 0 radical (unpaired) electrons. The molecule has 0 aliphatic carbocycles. The maximum atomic E-state index is 11.7. The van der Waals surface area contributed by atoms with E-state index in [4.69, 9.17) is 5.26 Å². The number of nitriles is 1. The number of hydrogen-bond acceptors (Lipinski definition) is 4. The molecule has 0 bridgehead atoms. The first-order valence-electron chi connectivity index (χ1n) is 5.62. The van der Waals surface area contributed by atoms with E-state index in [1.165, 1.54) is 6.92 Å². The summed E-state index contributed by atoms with van der Waals surface area (Å²) < 4.78 is 26.0.